The van der Waals surface area contributed by atoms with Gasteiger partial charge in [0.15, 0.2) is 5.82 Å². The van der Waals surface area contributed by atoms with Crippen molar-refractivity contribution in [2.45, 2.75) is 12.5 Å². The van der Waals surface area contributed by atoms with Gasteiger partial charge in [0.2, 0.25) is 5.96 Å². The zero-order chi connectivity index (χ0) is 15.0. The van der Waals surface area contributed by atoms with Gasteiger partial charge in [0, 0.05) is 18.7 Å². The van der Waals surface area contributed by atoms with E-state index in [4.69, 9.17) is 28.9 Å². The molecule has 1 aromatic carbocycles. The molecule has 0 amide bonds. The van der Waals surface area contributed by atoms with Gasteiger partial charge in [0.05, 0.1) is 16.1 Å². The number of aliphatic hydroxyl groups is 1. The average molecular weight is 328 g/mol. The van der Waals surface area contributed by atoms with Crippen LogP contribution in [0.2, 0.25) is 10.0 Å². The van der Waals surface area contributed by atoms with E-state index in [0.29, 0.717) is 39.6 Å². The Labute approximate surface area is 132 Å². The van der Waals surface area contributed by atoms with Crippen molar-refractivity contribution in [2.24, 2.45) is 10.7 Å². The Hall–Kier alpha value is -1.63. The summed E-state index contributed by atoms with van der Waals surface area (Å²) < 4.78 is 0. The summed E-state index contributed by atoms with van der Waals surface area (Å²) in [6.07, 6.45) is 0.389. The first-order valence-electron chi connectivity index (χ1n) is 6.54. The molecule has 0 saturated carbocycles. The van der Waals surface area contributed by atoms with E-state index in [9.17, 15) is 5.11 Å². The summed E-state index contributed by atoms with van der Waals surface area (Å²) in [5.41, 5.74) is 13.3. The first-order valence-corrected chi connectivity index (χ1v) is 7.29. The van der Waals surface area contributed by atoms with Gasteiger partial charge in [-0.05, 0) is 12.5 Å². The normalized spacial score (nSPS) is 22.0. The number of hydrogen-bond donors (Lipinski definition) is 4. The molecule has 2 aliphatic heterocycles. The fraction of sp³-hybridized carbons (Fsp3) is 0.308. The number of nitrogens with zero attached hydrogens (tertiary/aromatic N) is 2. The van der Waals surface area contributed by atoms with Crippen molar-refractivity contribution in [2.75, 3.05) is 13.1 Å². The lowest BCUT2D eigenvalue weighted by Gasteiger charge is -2.27. The summed E-state index contributed by atoms with van der Waals surface area (Å²) >= 11 is 12.2. The average Bonchev–Trinajstić information content (AvgIpc) is 2.89. The summed E-state index contributed by atoms with van der Waals surface area (Å²) in [7, 11) is 0. The number of guanidine groups is 1. The van der Waals surface area contributed by atoms with E-state index in [2.05, 4.69) is 15.8 Å². The minimum atomic E-state index is -0.330. The predicted molar refractivity (Wildman–Crippen MR) is 83.5 cm³/mol. The molecule has 112 valence electrons. The van der Waals surface area contributed by atoms with Gasteiger partial charge in [-0.25, -0.2) is 0 Å². The van der Waals surface area contributed by atoms with Crippen molar-refractivity contribution < 1.29 is 5.11 Å². The highest BCUT2D eigenvalue weighted by atomic mass is 35.5. The molecule has 2 heterocycles. The van der Waals surface area contributed by atoms with Gasteiger partial charge < -0.3 is 15.7 Å². The van der Waals surface area contributed by atoms with Gasteiger partial charge in [0.25, 0.3) is 0 Å². The smallest absolute Gasteiger partial charge is 0.219 e. The highest BCUT2D eigenvalue weighted by Crippen LogP contribution is 2.30. The summed E-state index contributed by atoms with van der Waals surface area (Å²) in [6, 6.07) is 5.31. The van der Waals surface area contributed by atoms with E-state index in [0.717, 1.165) is 13.0 Å². The van der Waals surface area contributed by atoms with E-state index in [1.54, 1.807) is 12.1 Å². The largest absolute Gasteiger partial charge is 0.391 e. The lowest BCUT2D eigenvalue weighted by atomic mass is 10.1. The number of β-amino-alcohol motifs (C(OH)–C–C–N with tert-alkyl or cyclic N) is 1. The minimum Gasteiger partial charge on any atom is -0.391 e. The molecule has 0 aliphatic carbocycles. The number of hydrazine groups is 1. The number of nitrogens with two attached hydrogens (primary N) is 1. The zero-order valence-corrected chi connectivity index (χ0v) is 12.6. The predicted octanol–water partition coefficient (Wildman–Crippen LogP) is 1.11. The molecule has 1 aromatic rings. The Morgan fingerprint density at radius 1 is 1.33 bits per heavy atom. The van der Waals surface area contributed by atoms with Crippen molar-refractivity contribution >= 4 is 34.9 Å². The molecular weight excluding hydrogens is 313 g/mol. The van der Waals surface area contributed by atoms with Crippen molar-refractivity contribution in [1.29, 1.82) is 0 Å². The molecule has 1 atom stereocenters. The van der Waals surface area contributed by atoms with Crippen LogP contribution in [0, 0.1) is 0 Å². The van der Waals surface area contributed by atoms with Gasteiger partial charge >= 0.3 is 0 Å². The maximum atomic E-state index is 9.57. The topological polar surface area (TPSA) is 85.9 Å². The van der Waals surface area contributed by atoms with E-state index in [1.807, 2.05) is 11.0 Å². The van der Waals surface area contributed by atoms with E-state index in [-0.39, 0.29) is 6.10 Å². The standard InChI is InChI=1S/C13H15Cl2N5O/c14-9-3-1-2-8(10(9)15)11-12(16)17-13(19-18-11)20-5-4-7(21)6-20/h1-3,7,18,21H,4-6,16H2,(H,17,19)/t7-/m0/s1. The molecule has 8 heteroatoms. The van der Waals surface area contributed by atoms with Crippen molar-refractivity contribution in [3.63, 3.8) is 0 Å². The van der Waals surface area contributed by atoms with Crippen LogP contribution in [0.4, 0.5) is 0 Å². The highest BCUT2D eigenvalue weighted by molar-refractivity contribution is 6.43. The minimum absolute atomic E-state index is 0.314. The second-order valence-corrected chi connectivity index (χ2v) is 5.72. The van der Waals surface area contributed by atoms with Crippen LogP contribution < -0.4 is 16.6 Å². The lowest BCUT2D eigenvalue weighted by Crippen LogP contribution is -2.49. The number of aliphatic imine (C=N–C) groups is 1. The number of hydrogen-bond acceptors (Lipinski definition) is 6. The van der Waals surface area contributed by atoms with Crippen LogP contribution in [0.3, 0.4) is 0 Å². The van der Waals surface area contributed by atoms with Crippen LogP contribution in [-0.2, 0) is 0 Å². The molecule has 6 nitrogen and oxygen atoms in total. The van der Waals surface area contributed by atoms with Gasteiger partial charge in [-0.1, -0.05) is 35.3 Å². The van der Waals surface area contributed by atoms with Crippen molar-refractivity contribution in [1.82, 2.24) is 15.8 Å². The molecule has 1 saturated heterocycles. The highest BCUT2D eigenvalue weighted by Gasteiger charge is 2.26. The second kappa shape index (κ2) is 5.63. The number of benzene rings is 1. The third-order valence-corrected chi connectivity index (χ3v) is 4.28. The number of aliphatic hydroxyl groups excluding tert-OH is 1. The summed E-state index contributed by atoms with van der Waals surface area (Å²) in [6.45, 7) is 1.27. The molecule has 0 spiro atoms. The Kier molecular flexibility index (Phi) is 3.84. The maximum absolute atomic E-state index is 9.57. The number of likely N-dealkylation sites (tertiary alicyclic amines) is 1. The monoisotopic (exact) mass is 327 g/mol. The summed E-state index contributed by atoms with van der Waals surface area (Å²) in [4.78, 5) is 6.27. The van der Waals surface area contributed by atoms with Crippen molar-refractivity contribution in [3.05, 3.63) is 39.6 Å². The molecule has 0 bridgehead atoms. The maximum Gasteiger partial charge on any atom is 0.219 e. The Bertz CT molecular complexity index is 631. The van der Waals surface area contributed by atoms with E-state index in [1.165, 1.54) is 0 Å². The fourth-order valence-corrected chi connectivity index (χ4v) is 2.76. The molecule has 1 fully saturated rings. The van der Waals surface area contributed by atoms with E-state index >= 15 is 0 Å². The Morgan fingerprint density at radius 3 is 2.81 bits per heavy atom. The first kappa shape index (κ1) is 14.3. The quantitative estimate of drug-likeness (QED) is 0.620. The molecule has 3 rings (SSSR count). The number of rotatable bonds is 1. The second-order valence-electron chi connectivity index (χ2n) is 4.94. The Morgan fingerprint density at radius 2 is 2.14 bits per heavy atom. The fourth-order valence-electron chi connectivity index (χ4n) is 2.37. The van der Waals surface area contributed by atoms with Crippen LogP contribution in [0.15, 0.2) is 29.0 Å². The number of nitrogens with one attached hydrogen (secondary N) is 2. The summed E-state index contributed by atoms with van der Waals surface area (Å²) in [5, 5.41) is 10.4. The van der Waals surface area contributed by atoms with Gasteiger partial charge in [-0.3, -0.25) is 10.9 Å². The number of halogens is 2. The molecule has 2 aliphatic rings. The zero-order valence-electron chi connectivity index (χ0n) is 11.1. The van der Waals surface area contributed by atoms with Crippen LogP contribution in [-0.4, -0.2) is 35.2 Å². The van der Waals surface area contributed by atoms with Crippen LogP contribution in [0.5, 0.6) is 0 Å². The summed E-state index contributed by atoms with van der Waals surface area (Å²) in [5.74, 6) is 0.903. The molecule has 0 aromatic heterocycles. The molecule has 0 radical (unpaired) electrons. The van der Waals surface area contributed by atoms with Crippen LogP contribution in [0.25, 0.3) is 5.70 Å². The van der Waals surface area contributed by atoms with Crippen LogP contribution >= 0.6 is 23.2 Å². The third-order valence-electron chi connectivity index (χ3n) is 3.47. The molecular formula is C13H15Cl2N5O. The molecule has 0 unspecified atom stereocenters. The lowest BCUT2D eigenvalue weighted by molar-refractivity contribution is 0.187. The van der Waals surface area contributed by atoms with Gasteiger partial charge in [-0.15, -0.1) is 0 Å². The third kappa shape index (κ3) is 2.74. The molecule has 5 N–H and O–H groups in total. The van der Waals surface area contributed by atoms with Crippen molar-refractivity contribution in [3.8, 4) is 0 Å². The van der Waals surface area contributed by atoms with Gasteiger partial charge in [-0.2, -0.15) is 4.99 Å². The van der Waals surface area contributed by atoms with Crippen LogP contribution in [0.1, 0.15) is 12.0 Å². The van der Waals surface area contributed by atoms with E-state index < -0.39 is 0 Å². The van der Waals surface area contributed by atoms with Gasteiger partial charge in [0.1, 0.15) is 5.70 Å². The molecule has 21 heavy (non-hydrogen) atoms. The first-order chi connectivity index (χ1) is 10.1. The Balaban J connectivity index is 1.91. The SMILES string of the molecule is NC1=C(c2cccc(Cl)c2Cl)NNC(N2CC[C@H](O)C2)=N1.